The Balaban J connectivity index is 1.08. The average Bonchev–Trinajstić information content (AvgIpc) is 1.55. The SMILES string of the molecule is CC1=C\C=C\C2(C)C=C(CO[C@H]3O[C@H](CO)[C@H](O)[C@H](O)[C@H]3O)C(C)CC23OC(=O)/C(=C(O)\C=C\C2(C)C=C(C=O)C(C)CC24OC(=O)\C(=C(O)/C(C)=C/C=C/C2(C)C=C(CO[C@H]5O[C@H](CO)[C@H](O)[C@H](O)[C@H]5O)C(C)CC25OC(=O)/C(=C(O)\C=C\C2(C)C=C(C=O)C(C)CC26OC(=O)\C(=C\1O)C6=O)C5=O)C4=O)C3=O. The number of carbonyl (C=O) groups is 10. The van der Waals surface area contributed by atoms with Crippen LogP contribution >= 0.6 is 0 Å². The average molecular weight is 1510 g/mol. The molecule has 5 aliphatic carbocycles. The van der Waals surface area contributed by atoms with Crippen molar-refractivity contribution in [2.75, 3.05) is 26.4 Å². The second kappa shape index (κ2) is 28.8. The van der Waals surface area contributed by atoms with Gasteiger partial charge in [-0.2, -0.15) is 0 Å². The van der Waals surface area contributed by atoms with E-state index in [1.54, 1.807) is 27.7 Å². The highest BCUT2D eigenvalue weighted by Crippen LogP contribution is 2.58. The summed E-state index contributed by atoms with van der Waals surface area (Å²) in [5.41, 5.74) is -20.0. The van der Waals surface area contributed by atoms with Crippen molar-refractivity contribution in [3.63, 3.8) is 0 Å². The van der Waals surface area contributed by atoms with E-state index in [1.165, 1.54) is 102 Å². The van der Waals surface area contributed by atoms with Gasteiger partial charge >= 0.3 is 23.9 Å². The van der Waals surface area contributed by atoms with Crippen LogP contribution in [0, 0.1) is 45.3 Å². The second-order valence-electron chi connectivity index (χ2n) is 30.8. The second-order valence-corrected chi connectivity index (χ2v) is 30.8. The summed E-state index contributed by atoms with van der Waals surface area (Å²) in [6, 6.07) is 0. The zero-order chi connectivity index (χ0) is 79.4. The molecule has 22 atom stereocenters. The Bertz CT molecular complexity index is 4100. The van der Waals surface area contributed by atoms with Crippen molar-refractivity contribution < 1.29 is 147 Å². The molecule has 8 bridgehead atoms. The monoisotopic (exact) mass is 1500 g/mol. The molecule has 0 radical (unpaired) electrons. The van der Waals surface area contributed by atoms with Crippen LogP contribution < -0.4 is 0 Å². The third-order valence-corrected chi connectivity index (χ3v) is 23.7. The fourth-order valence-electron chi connectivity index (χ4n) is 16.8. The molecule has 0 aromatic heterocycles. The van der Waals surface area contributed by atoms with Gasteiger partial charge in [0.15, 0.2) is 35.0 Å². The highest BCUT2D eigenvalue weighted by molar-refractivity contribution is 6.29. The van der Waals surface area contributed by atoms with Crippen LogP contribution in [0.2, 0.25) is 0 Å². The molecule has 11 aliphatic rings. The highest BCUT2D eigenvalue weighted by atomic mass is 16.7. The van der Waals surface area contributed by atoms with Crippen LogP contribution in [0.1, 0.15) is 94.9 Å². The zero-order valence-electron chi connectivity index (χ0n) is 60.7. The number of rotatable bonds is 10. The molecule has 11 rings (SSSR count). The number of ether oxygens (including phenoxy) is 8. The maximum Gasteiger partial charge on any atom is 0.346 e. The topological polar surface area (TPSA) is 487 Å². The lowest BCUT2D eigenvalue weighted by atomic mass is 9.60. The van der Waals surface area contributed by atoms with Crippen molar-refractivity contribution in [1.29, 1.82) is 0 Å². The van der Waals surface area contributed by atoms with Gasteiger partial charge in [0.2, 0.25) is 23.1 Å². The maximum atomic E-state index is 15.5. The number of esters is 4. The number of aliphatic hydroxyl groups is 12. The number of aliphatic hydroxyl groups excluding tert-OH is 12. The molecule has 6 heterocycles. The lowest BCUT2D eigenvalue weighted by Crippen LogP contribution is -2.59. The summed E-state index contributed by atoms with van der Waals surface area (Å²) in [6.07, 6.45) is -0.245. The molecule has 6 aliphatic heterocycles. The normalized spacial score (nSPS) is 45.9. The number of fused-ring (bicyclic) bond motifs is 4. The minimum atomic E-state index is -2.33. The predicted octanol–water partition coefficient (Wildman–Crippen LogP) is 2.75. The summed E-state index contributed by atoms with van der Waals surface area (Å²) < 4.78 is 47.4. The van der Waals surface area contributed by atoms with E-state index in [-0.39, 0.29) is 35.1 Å². The summed E-state index contributed by atoms with van der Waals surface area (Å²) in [6.45, 7) is 12.1. The molecule has 30 heteroatoms. The maximum absolute atomic E-state index is 15.5. The van der Waals surface area contributed by atoms with Gasteiger partial charge in [0.05, 0.1) is 48.1 Å². The quantitative estimate of drug-likeness (QED) is 0.0492. The third-order valence-electron chi connectivity index (χ3n) is 23.7. The van der Waals surface area contributed by atoms with Crippen molar-refractivity contribution in [3.8, 4) is 0 Å². The minimum absolute atomic E-state index is 0.0877. The van der Waals surface area contributed by atoms with Crippen molar-refractivity contribution in [2.24, 2.45) is 45.3 Å². The first-order valence-electron chi connectivity index (χ1n) is 35.2. The number of allylic oxidation sites excluding steroid dienone is 10. The first-order valence-corrected chi connectivity index (χ1v) is 35.2. The molecule has 12 unspecified atom stereocenters. The van der Waals surface area contributed by atoms with E-state index in [0.29, 0.717) is 23.7 Å². The van der Waals surface area contributed by atoms with E-state index >= 15 is 19.2 Å². The number of aldehydes is 2. The number of hydrogen-bond donors (Lipinski definition) is 12. The first kappa shape index (κ1) is 80.0. The molecule has 0 aromatic carbocycles. The molecule has 0 saturated carbocycles. The van der Waals surface area contributed by atoms with Crippen molar-refractivity contribution in [2.45, 2.75) is 179 Å². The molecule has 0 aromatic rings. The van der Waals surface area contributed by atoms with E-state index in [2.05, 4.69) is 0 Å². The molecule has 12 N–H and O–H groups in total. The zero-order valence-corrected chi connectivity index (χ0v) is 60.7. The summed E-state index contributed by atoms with van der Waals surface area (Å²) in [5, 5.41) is 132. The molecule has 6 fully saturated rings. The number of ketones is 4. The Morgan fingerprint density at radius 3 is 1.04 bits per heavy atom. The van der Waals surface area contributed by atoms with Gasteiger partial charge in [-0.15, -0.1) is 0 Å². The van der Waals surface area contributed by atoms with Crippen LogP contribution in [-0.4, -0.2) is 231 Å². The van der Waals surface area contributed by atoms with Gasteiger partial charge in [0, 0.05) is 25.7 Å². The van der Waals surface area contributed by atoms with Crippen molar-refractivity contribution >= 4 is 59.6 Å². The number of carbonyl (C=O) groups excluding carboxylic acids is 10. The lowest BCUT2D eigenvalue weighted by Gasteiger charge is -2.46. The molecule has 30 nitrogen and oxygen atoms in total. The third kappa shape index (κ3) is 12.5. The van der Waals surface area contributed by atoms with E-state index in [1.807, 2.05) is 0 Å². The van der Waals surface area contributed by atoms with Gasteiger partial charge in [0.25, 0.3) is 0 Å². The van der Waals surface area contributed by atoms with Crippen LogP contribution in [0.25, 0.3) is 0 Å². The Morgan fingerprint density at radius 1 is 0.426 bits per heavy atom. The Kier molecular flexibility index (Phi) is 21.3. The fraction of sp³-hybridized carbons (Fsp3) is 0.513. The molecule has 6 saturated heterocycles. The van der Waals surface area contributed by atoms with Crippen molar-refractivity contribution in [1.82, 2.24) is 0 Å². The van der Waals surface area contributed by atoms with Gasteiger partial charge < -0.3 is 99.2 Å². The van der Waals surface area contributed by atoms with Crippen LogP contribution in [0.15, 0.2) is 164 Å². The molecule has 580 valence electrons. The minimum Gasteiger partial charge on any atom is -0.507 e. The molecule has 4 spiro atoms. The summed E-state index contributed by atoms with van der Waals surface area (Å²) in [7, 11) is 0. The Labute approximate surface area is 618 Å². The van der Waals surface area contributed by atoms with Gasteiger partial charge in [0.1, 0.15) is 107 Å². The van der Waals surface area contributed by atoms with E-state index in [4.69, 9.17) is 37.9 Å². The van der Waals surface area contributed by atoms with Crippen molar-refractivity contribution in [3.05, 3.63) is 164 Å². The molecule has 0 amide bonds. The number of Topliss-reactive ketones (excluding diaryl/α,β-unsaturated/α-hetero) is 4. The van der Waals surface area contributed by atoms with Crippen LogP contribution in [0.4, 0.5) is 0 Å². The van der Waals surface area contributed by atoms with Crippen LogP contribution in [-0.2, 0) is 85.8 Å². The van der Waals surface area contributed by atoms with E-state index in [9.17, 15) is 90.0 Å². The molecular weight excluding hydrogens is 1420 g/mol. The summed E-state index contributed by atoms with van der Waals surface area (Å²) in [4.78, 5) is 145. The largest absolute Gasteiger partial charge is 0.507 e. The fourth-order valence-corrected chi connectivity index (χ4v) is 16.8. The highest BCUT2D eigenvalue weighted by Gasteiger charge is 2.69. The van der Waals surface area contributed by atoms with Crippen LogP contribution in [0.3, 0.4) is 0 Å². The Hall–Kier alpha value is -9.02. The number of hydrogen-bond acceptors (Lipinski definition) is 30. The first-order chi connectivity index (χ1) is 50.6. The van der Waals surface area contributed by atoms with Gasteiger partial charge in [-0.05, 0) is 111 Å². The smallest absolute Gasteiger partial charge is 0.346 e. The van der Waals surface area contributed by atoms with Gasteiger partial charge in [-0.3, -0.25) is 28.8 Å². The molecule has 108 heavy (non-hydrogen) atoms. The van der Waals surface area contributed by atoms with Gasteiger partial charge in [-0.25, -0.2) is 19.2 Å². The van der Waals surface area contributed by atoms with Gasteiger partial charge in [-0.1, -0.05) is 101 Å². The standard InChI is InChI=1S/C78H88O30/c1-35-13-11-17-71(7)27-43(33-101-69-59(91)57(89)55(87)47(31-81)103-69)39(5)23-75(71)61(93)49(65(97)105-75)46(84)16-20-74(10)26-42(30-80)38(4)22-78(74)64(96)52(68(100)108-78)54(86)36(2)14-12-18-72(8)28-44(34-102-70-60(92)58(90)56(88)48(32-82)104-70)40(6)24-76(72)62(94)50(66(98)106-76)45(83)15-19-73(9)25-41(29-79)37(3)21-77(73)63(95)51(53(35)85)67(99)107-77/h11-20,25-30,37-40,47-48,55-60,69-70,81-92H,21-24,31-34H2,1-10H3/b17-11+,18-12+,19-15+,20-16+,35-13+,36-14+,49-46+,50-45+,53-51-,54-52+/t37?,38?,39?,40?,47-,48-,55+,56+,57+,58+,59-,60-,69+,70+,71?,72?,73?,74?,75?,76?,77?,78?/m1/s1. The predicted molar refractivity (Wildman–Crippen MR) is 369 cm³/mol. The Morgan fingerprint density at radius 2 is 0.722 bits per heavy atom. The van der Waals surface area contributed by atoms with E-state index in [0.717, 1.165) is 24.3 Å². The molecular formula is C78H88O30. The van der Waals surface area contributed by atoms with E-state index < -0.39 is 261 Å². The van der Waals surface area contributed by atoms with Crippen LogP contribution in [0.5, 0.6) is 0 Å². The summed E-state index contributed by atoms with van der Waals surface area (Å²) in [5.74, 6) is -17.0. The summed E-state index contributed by atoms with van der Waals surface area (Å²) >= 11 is 0. The lowest BCUT2D eigenvalue weighted by molar-refractivity contribution is -0.299.